The van der Waals surface area contributed by atoms with Crippen LogP contribution in [0.4, 0.5) is 0 Å². The number of allylic oxidation sites excluding steroid dienone is 2. The lowest BCUT2D eigenvalue weighted by atomic mass is 10.1. The van der Waals surface area contributed by atoms with Gasteiger partial charge in [0, 0.05) is 6.42 Å². The van der Waals surface area contributed by atoms with Crippen LogP contribution in [-0.2, 0) is 9.53 Å². The minimum atomic E-state index is -0.473. The number of unbranched alkanes of at least 4 members (excludes halogenated alkanes) is 3. The Bertz CT molecular complexity index is 430. The summed E-state index contributed by atoms with van der Waals surface area (Å²) in [6.07, 6.45) is 15.2. The minimum Gasteiger partial charge on any atom is -0.469 e. The number of carbonyl (C=O) groups excluding carboxylic acids is 1. The second-order valence-electron chi connectivity index (χ2n) is 6.86. The van der Waals surface area contributed by atoms with Gasteiger partial charge in [0.05, 0.1) is 7.11 Å². The predicted molar refractivity (Wildman–Crippen MR) is 98.4 cm³/mol. The van der Waals surface area contributed by atoms with Gasteiger partial charge in [0.2, 0.25) is 0 Å². The Morgan fingerprint density at radius 3 is 2.79 bits per heavy atom. The summed E-state index contributed by atoms with van der Waals surface area (Å²) < 4.78 is 4.65. The zero-order valence-corrected chi connectivity index (χ0v) is 15.4. The van der Waals surface area contributed by atoms with Crippen molar-refractivity contribution < 1.29 is 14.6 Å². The fourth-order valence-electron chi connectivity index (χ4n) is 3.05. The van der Waals surface area contributed by atoms with Gasteiger partial charge in [-0.1, -0.05) is 50.5 Å². The summed E-state index contributed by atoms with van der Waals surface area (Å²) in [6.45, 7) is 2.16. The van der Waals surface area contributed by atoms with Gasteiger partial charge in [0.25, 0.3) is 0 Å². The van der Waals surface area contributed by atoms with Crippen molar-refractivity contribution in [3.63, 3.8) is 0 Å². The molecule has 0 aromatic heterocycles. The number of ether oxygens (including phenoxy) is 1. The minimum absolute atomic E-state index is 0.0934. The highest BCUT2D eigenvalue weighted by Crippen LogP contribution is 2.45. The molecule has 3 heteroatoms. The van der Waals surface area contributed by atoms with E-state index in [1.54, 1.807) is 0 Å². The molecule has 1 fully saturated rings. The van der Waals surface area contributed by atoms with E-state index in [4.69, 9.17) is 0 Å². The molecule has 0 heterocycles. The van der Waals surface area contributed by atoms with Crippen molar-refractivity contribution in [2.45, 2.75) is 83.7 Å². The lowest BCUT2D eigenvalue weighted by Gasteiger charge is -2.00. The molecule has 0 saturated heterocycles. The molecule has 1 aliphatic rings. The van der Waals surface area contributed by atoms with E-state index in [9.17, 15) is 9.90 Å². The molecule has 0 bridgehead atoms. The first-order chi connectivity index (χ1) is 11.7. The van der Waals surface area contributed by atoms with Crippen molar-refractivity contribution in [1.29, 1.82) is 0 Å². The molecule has 1 saturated carbocycles. The number of hydrogen-bond donors (Lipinski definition) is 1. The molecule has 0 radical (unpaired) electrons. The van der Waals surface area contributed by atoms with Crippen LogP contribution in [0.5, 0.6) is 0 Å². The average molecular weight is 335 g/mol. The molecule has 0 aliphatic heterocycles. The Hall–Kier alpha value is -1.27. The van der Waals surface area contributed by atoms with Crippen LogP contribution in [-0.4, -0.2) is 24.3 Å². The van der Waals surface area contributed by atoms with Gasteiger partial charge in [0.15, 0.2) is 0 Å². The third kappa shape index (κ3) is 10.5. The van der Waals surface area contributed by atoms with Crippen molar-refractivity contribution in [3.8, 4) is 11.8 Å². The fraction of sp³-hybridized carbons (Fsp3) is 0.762. The van der Waals surface area contributed by atoms with Crippen LogP contribution < -0.4 is 0 Å². The van der Waals surface area contributed by atoms with Gasteiger partial charge in [-0.3, -0.25) is 4.79 Å². The zero-order chi connectivity index (χ0) is 17.6. The molecule has 0 aromatic rings. The van der Waals surface area contributed by atoms with Crippen LogP contribution in [0.15, 0.2) is 12.2 Å². The van der Waals surface area contributed by atoms with Crippen molar-refractivity contribution in [3.05, 3.63) is 12.2 Å². The number of hydrogen-bond acceptors (Lipinski definition) is 3. The molecule has 0 amide bonds. The Kier molecular flexibility index (Phi) is 11.3. The molecule has 0 aromatic carbocycles. The number of rotatable bonds is 12. The Morgan fingerprint density at radius 1 is 1.25 bits per heavy atom. The maximum Gasteiger partial charge on any atom is 0.305 e. The van der Waals surface area contributed by atoms with E-state index in [1.165, 1.54) is 39.2 Å². The van der Waals surface area contributed by atoms with Crippen LogP contribution in [0.25, 0.3) is 0 Å². The predicted octanol–water partition coefficient (Wildman–Crippen LogP) is 4.64. The third-order valence-corrected chi connectivity index (χ3v) is 4.74. The van der Waals surface area contributed by atoms with Crippen molar-refractivity contribution >= 4 is 5.97 Å². The SMILES string of the molecule is CCCCC[C@@H](O)C#C/C=C\CC[C@H]1C[C@H]1CCCCC(=O)OC. The first-order valence-corrected chi connectivity index (χ1v) is 9.58. The summed E-state index contributed by atoms with van der Waals surface area (Å²) in [4.78, 5) is 11.0. The highest BCUT2D eigenvalue weighted by molar-refractivity contribution is 5.68. The van der Waals surface area contributed by atoms with E-state index >= 15 is 0 Å². The monoisotopic (exact) mass is 334 g/mol. The number of esters is 1. The standard InChI is InChI=1S/C21H34O3/c1-3-4-7-14-20(22)15-9-6-5-8-12-18-17-19(18)13-10-11-16-21(23)24-2/h5-6,18-20,22H,3-4,7-8,10-14,16-17H2,1-2H3/b6-5-/t18-,19+,20+/m0/s1. The smallest absolute Gasteiger partial charge is 0.305 e. The third-order valence-electron chi connectivity index (χ3n) is 4.74. The fourth-order valence-corrected chi connectivity index (χ4v) is 3.05. The molecule has 3 atom stereocenters. The van der Waals surface area contributed by atoms with Gasteiger partial charge < -0.3 is 9.84 Å². The van der Waals surface area contributed by atoms with Gasteiger partial charge in [-0.05, 0) is 56.4 Å². The zero-order valence-electron chi connectivity index (χ0n) is 15.4. The highest BCUT2D eigenvalue weighted by atomic mass is 16.5. The molecule has 1 N–H and O–H groups in total. The van der Waals surface area contributed by atoms with Gasteiger partial charge in [-0.2, -0.15) is 0 Å². The summed E-state index contributed by atoms with van der Waals surface area (Å²) in [6, 6.07) is 0. The Morgan fingerprint density at radius 2 is 2.04 bits per heavy atom. The Balaban J connectivity index is 1.98. The average Bonchev–Trinajstić information content (AvgIpc) is 3.33. The quantitative estimate of drug-likeness (QED) is 0.321. The van der Waals surface area contributed by atoms with Gasteiger partial charge in [0.1, 0.15) is 6.10 Å². The first kappa shape index (κ1) is 20.8. The number of aliphatic hydroxyl groups is 1. The summed E-state index contributed by atoms with van der Waals surface area (Å²) in [5, 5.41) is 9.68. The molecule has 136 valence electrons. The maximum absolute atomic E-state index is 11.0. The molecule has 0 spiro atoms. The normalized spacial score (nSPS) is 20.5. The van der Waals surface area contributed by atoms with Gasteiger partial charge in [-0.25, -0.2) is 0 Å². The second-order valence-corrected chi connectivity index (χ2v) is 6.86. The van der Waals surface area contributed by atoms with E-state index in [0.717, 1.165) is 43.9 Å². The van der Waals surface area contributed by atoms with Gasteiger partial charge in [-0.15, -0.1) is 0 Å². The largest absolute Gasteiger partial charge is 0.469 e. The lowest BCUT2D eigenvalue weighted by molar-refractivity contribution is -0.140. The number of aliphatic hydroxyl groups excluding tert-OH is 1. The molecule has 3 nitrogen and oxygen atoms in total. The van der Waals surface area contributed by atoms with E-state index < -0.39 is 6.10 Å². The van der Waals surface area contributed by atoms with E-state index in [2.05, 4.69) is 29.6 Å². The lowest BCUT2D eigenvalue weighted by Crippen LogP contribution is -2.01. The molecular formula is C21H34O3. The molecule has 0 unspecified atom stereocenters. The van der Waals surface area contributed by atoms with Crippen LogP contribution in [0.2, 0.25) is 0 Å². The van der Waals surface area contributed by atoms with Crippen molar-refractivity contribution in [2.75, 3.05) is 7.11 Å². The summed E-state index contributed by atoms with van der Waals surface area (Å²) >= 11 is 0. The van der Waals surface area contributed by atoms with E-state index in [1.807, 2.05) is 6.08 Å². The topological polar surface area (TPSA) is 46.5 Å². The first-order valence-electron chi connectivity index (χ1n) is 9.58. The van der Waals surface area contributed by atoms with Crippen LogP contribution >= 0.6 is 0 Å². The maximum atomic E-state index is 11.0. The van der Waals surface area contributed by atoms with Crippen LogP contribution in [0.3, 0.4) is 0 Å². The highest BCUT2D eigenvalue weighted by Gasteiger charge is 2.34. The van der Waals surface area contributed by atoms with Crippen molar-refractivity contribution in [2.24, 2.45) is 11.8 Å². The number of carbonyl (C=O) groups is 1. The molecule has 1 aliphatic carbocycles. The summed E-state index contributed by atoms with van der Waals surface area (Å²) in [7, 11) is 1.45. The van der Waals surface area contributed by atoms with Crippen LogP contribution in [0, 0.1) is 23.7 Å². The molecule has 1 rings (SSSR count). The van der Waals surface area contributed by atoms with Crippen molar-refractivity contribution in [1.82, 2.24) is 0 Å². The summed E-state index contributed by atoms with van der Waals surface area (Å²) in [5.41, 5.74) is 0. The Labute approximate surface area is 147 Å². The second kappa shape index (κ2) is 13.1. The van der Waals surface area contributed by atoms with E-state index in [0.29, 0.717) is 6.42 Å². The van der Waals surface area contributed by atoms with E-state index in [-0.39, 0.29) is 5.97 Å². The molecule has 24 heavy (non-hydrogen) atoms. The molecular weight excluding hydrogens is 300 g/mol. The summed E-state index contributed by atoms with van der Waals surface area (Å²) in [5.74, 6) is 7.47. The number of methoxy groups -OCH3 is 1. The van der Waals surface area contributed by atoms with Gasteiger partial charge >= 0.3 is 5.97 Å². The van der Waals surface area contributed by atoms with Crippen LogP contribution in [0.1, 0.15) is 77.6 Å².